The summed E-state index contributed by atoms with van der Waals surface area (Å²) in [6.07, 6.45) is 9.12. The Morgan fingerprint density at radius 1 is 0.778 bits per heavy atom. The SMILES string of the molecule is CCCCCCc1ccc(CCCN(C)C)cc1. The minimum atomic E-state index is 1.18. The number of unbranched alkanes of at least 4 members (excludes halogenated alkanes) is 3. The van der Waals surface area contributed by atoms with Crippen molar-refractivity contribution in [2.24, 2.45) is 0 Å². The molecule has 0 aromatic heterocycles. The molecule has 1 aromatic carbocycles. The zero-order chi connectivity index (χ0) is 13.2. The van der Waals surface area contributed by atoms with Gasteiger partial charge in [-0.15, -0.1) is 0 Å². The second-order valence-corrected chi connectivity index (χ2v) is 5.53. The number of aryl methyl sites for hydroxylation is 2. The summed E-state index contributed by atoms with van der Waals surface area (Å²) in [6.45, 7) is 3.45. The van der Waals surface area contributed by atoms with Crippen LogP contribution in [0.4, 0.5) is 0 Å². The Labute approximate surface area is 113 Å². The fourth-order valence-electron chi connectivity index (χ4n) is 2.23. The number of hydrogen-bond donors (Lipinski definition) is 0. The first kappa shape index (κ1) is 15.2. The van der Waals surface area contributed by atoms with E-state index in [0.29, 0.717) is 0 Å². The molecule has 0 N–H and O–H groups in total. The first-order chi connectivity index (χ1) is 8.72. The quantitative estimate of drug-likeness (QED) is 0.588. The summed E-state index contributed by atoms with van der Waals surface area (Å²) in [5.41, 5.74) is 2.98. The highest BCUT2D eigenvalue weighted by Crippen LogP contribution is 2.11. The van der Waals surface area contributed by atoms with Gasteiger partial charge in [-0.1, -0.05) is 50.5 Å². The molecular formula is C17H29N. The summed E-state index contributed by atoms with van der Waals surface area (Å²) in [7, 11) is 4.28. The average molecular weight is 247 g/mol. The number of nitrogens with zero attached hydrogens (tertiary/aromatic N) is 1. The fourth-order valence-corrected chi connectivity index (χ4v) is 2.23. The Hall–Kier alpha value is -0.820. The summed E-state index contributed by atoms with van der Waals surface area (Å²) >= 11 is 0. The van der Waals surface area contributed by atoms with Crippen LogP contribution in [0.1, 0.15) is 50.2 Å². The molecule has 0 atom stereocenters. The molecule has 1 rings (SSSR count). The van der Waals surface area contributed by atoms with E-state index >= 15 is 0 Å². The van der Waals surface area contributed by atoms with Crippen molar-refractivity contribution in [3.05, 3.63) is 35.4 Å². The van der Waals surface area contributed by atoms with E-state index in [9.17, 15) is 0 Å². The van der Waals surface area contributed by atoms with E-state index in [4.69, 9.17) is 0 Å². The van der Waals surface area contributed by atoms with E-state index in [1.165, 1.54) is 62.6 Å². The van der Waals surface area contributed by atoms with Gasteiger partial charge in [0.05, 0.1) is 0 Å². The molecule has 0 aliphatic rings. The third-order valence-corrected chi connectivity index (χ3v) is 3.41. The molecule has 1 aromatic rings. The van der Waals surface area contributed by atoms with Gasteiger partial charge in [-0.25, -0.2) is 0 Å². The van der Waals surface area contributed by atoms with E-state index in [1.54, 1.807) is 0 Å². The monoisotopic (exact) mass is 247 g/mol. The minimum absolute atomic E-state index is 1.18. The summed E-state index contributed by atoms with van der Waals surface area (Å²) in [5, 5.41) is 0. The number of rotatable bonds is 9. The standard InChI is InChI=1S/C17H29N/c1-4-5-6-7-9-16-11-13-17(14-12-16)10-8-15-18(2)3/h11-14H,4-10,15H2,1-3H3. The van der Waals surface area contributed by atoms with Crippen molar-refractivity contribution < 1.29 is 0 Å². The molecular weight excluding hydrogens is 218 g/mol. The van der Waals surface area contributed by atoms with Crippen molar-refractivity contribution >= 4 is 0 Å². The first-order valence-electron chi connectivity index (χ1n) is 7.45. The van der Waals surface area contributed by atoms with Gasteiger partial charge < -0.3 is 4.90 Å². The van der Waals surface area contributed by atoms with Gasteiger partial charge in [-0.2, -0.15) is 0 Å². The third kappa shape index (κ3) is 6.80. The molecule has 0 bridgehead atoms. The Morgan fingerprint density at radius 2 is 1.33 bits per heavy atom. The molecule has 0 heterocycles. The van der Waals surface area contributed by atoms with Crippen LogP contribution in [0.2, 0.25) is 0 Å². The van der Waals surface area contributed by atoms with Crippen LogP contribution in [-0.2, 0) is 12.8 Å². The van der Waals surface area contributed by atoms with Gasteiger partial charge in [-0.05, 0) is 57.5 Å². The predicted octanol–water partition coefficient (Wildman–Crippen LogP) is 4.30. The van der Waals surface area contributed by atoms with Crippen LogP contribution in [0.25, 0.3) is 0 Å². The summed E-state index contributed by atoms with van der Waals surface area (Å²) in [6, 6.07) is 9.25. The summed E-state index contributed by atoms with van der Waals surface area (Å²) in [4.78, 5) is 2.25. The van der Waals surface area contributed by atoms with Crippen molar-refractivity contribution in [1.29, 1.82) is 0 Å². The first-order valence-corrected chi connectivity index (χ1v) is 7.45. The Bertz CT molecular complexity index is 300. The molecule has 0 saturated carbocycles. The van der Waals surface area contributed by atoms with Gasteiger partial charge in [0.15, 0.2) is 0 Å². The molecule has 0 unspecified atom stereocenters. The second kappa shape index (κ2) is 9.16. The van der Waals surface area contributed by atoms with E-state index in [0.717, 1.165) is 0 Å². The van der Waals surface area contributed by atoms with Gasteiger partial charge in [0.25, 0.3) is 0 Å². The number of benzene rings is 1. The lowest BCUT2D eigenvalue weighted by Gasteiger charge is -2.09. The molecule has 0 fully saturated rings. The number of hydrogen-bond acceptors (Lipinski definition) is 1. The highest BCUT2D eigenvalue weighted by molar-refractivity contribution is 5.22. The summed E-state index contributed by atoms with van der Waals surface area (Å²) in [5.74, 6) is 0. The Kier molecular flexibility index (Phi) is 7.75. The van der Waals surface area contributed by atoms with Crippen LogP contribution in [-0.4, -0.2) is 25.5 Å². The van der Waals surface area contributed by atoms with E-state index < -0.39 is 0 Å². The molecule has 0 aliphatic heterocycles. The van der Waals surface area contributed by atoms with Gasteiger partial charge >= 0.3 is 0 Å². The van der Waals surface area contributed by atoms with Crippen molar-refractivity contribution in [2.45, 2.75) is 51.9 Å². The molecule has 0 amide bonds. The predicted molar refractivity (Wildman–Crippen MR) is 81.2 cm³/mol. The lowest BCUT2D eigenvalue weighted by molar-refractivity contribution is 0.400. The topological polar surface area (TPSA) is 3.24 Å². The van der Waals surface area contributed by atoms with Crippen LogP contribution < -0.4 is 0 Å². The second-order valence-electron chi connectivity index (χ2n) is 5.53. The van der Waals surface area contributed by atoms with E-state index in [1.807, 2.05) is 0 Å². The molecule has 18 heavy (non-hydrogen) atoms. The van der Waals surface area contributed by atoms with Gasteiger partial charge in [0.2, 0.25) is 0 Å². The van der Waals surface area contributed by atoms with Gasteiger partial charge in [-0.3, -0.25) is 0 Å². The van der Waals surface area contributed by atoms with Crippen molar-refractivity contribution in [3.8, 4) is 0 Å². The molecule has 1 heteroatoms. The lowest BCUT2D eigenvalue weighted by atomic mass is 10.0. The Balaban J connectivity index is 2.24. The largest absolute Gasteiger partial charge is 0.309 e. The smallest absolute Gasteiger partial charge is 0.00217 e. The molecule has 0 spiro atoms. The van der Waals surface area contributed by atoms with Crippen LogP contribution in [0.3, 0.4) is 0 Å². The molecule has 0 aliphatic carbocycles. The third-order valence-electron chi connectivity index (χ3n) is 3.41. The molecule has 0 saturated heterocycles. The maximum absolute atomic E-state index is 2.32. The zero-order valence-corrected chi connectivity index (χ0v) is 12.4. The highest BCUT2D eigenvalue weighted by Gasteiger charge is 1.97. The Morgan fingerprint density at radius 3 is 1.83 bits per heavy atom. The van der Waals surface area contributed by atoms with Crippen molar-refractivity contribution in [2.75, 3.05) is 20.6 Å². The van der Waals surface area contributed by atoms with Crippen LogP contribution in [0.5, 0.6) is 0 Å². The molecule has 102 valence electrons. The van der Waals surface area contributed by atoms with Gasteiger partial charge in [0, 0.05) is 0 Å². The summed E-state index contributed by atoms with van der Waals surface area (Å²) < 4.78 is 0. The van der Waals surface area contributed by atoms with E-state index in [-0.39, 0.29) is 0 Å². The minimum Gasteiger partial charge on any atom is -0.309 e. The highest BCUT2D eigenvalue weighted by atomic mass is 15.0. The maximum atomic E-state index is 2.32. The lowest BCUT2D eigenvalue weighted by Crippen LogP contribution is -2.13. The normalized spacial score (nSPS) is 11.1. The van der Waals surface area contributed by atoms with Crippen molar-refractivity contribution in [1.82, 2.24) is 4.90 Å². The molecule has 0 radical (unpaired) electrons. The zero-order valence-electron chi connectivity index (χ0n) is 12.4. The van der Waals surface area contributed by atoms with Crippen LogP contribution in [0, 0.1) is 0 Å². The van der Waals surface area contributed by atoms with Crippen LogP contribution >= 0.6 is 0 Å². The van der Waals surface area contributed by atoms with E-state index in [2.05, 4.69) is 50.2 Å². The van der Waals surface area contributed by atoms with Crippen LogP contribution in [0.15, 0.2) is 24.3 Å². The maximum Gasteiger partial charge on any atom is -0.00217 e. The molecule has 1 nitrogen and oxygen atoms in total. The van der Waals surface area contributed by atoms with Crippen molar-refractivity contribution in [3.63, 3.8) is 0 Å². The average Bonchev–Trinajstić information content (AvgIpc) is 2.36. The fraction of sp³-hybridized carbons (Fsp3) is 0.647. The van der Waals surface area contributed by atoms with Gasteiger partial charge in [0.1, 0.15) is 0 Å².